The van der Waals surface area contributed by atoms with Crippen LogP contribution in [-0.2, 0) is 13.0 Å². The molecule has 0 aliphatic heterocycles. The lowest BCUT2D eigenvalue weighted by Gasteiger charge is -2.14. The molecule has 3 aromatic heterocycles. The fourth-order valence-corrected chi connectivity index (χ4v) is 5.14. The number of tetrazole rings is 1. The molecular weight excluding hydrogens is 508 g/mol. The van der Waals surface area contributed by atoms with Crippen LogP contribution < -0.4 is 0 Å². The van der Waals surface area contributed by atoms with Crippen molar-refractivity contribution in [2.75, 3.05) is 0 Å². The number of benzene rings is 3. The number of aromatic nitrogens is 8. The third kappa shape index (κ3) is 5.45. The van der Waals surface area contributed by atoms with Crippen LogP contribution in [-0.4, -0.2) is 40.0 Å². The van der Waals surface area contributed by atoms with E-state index in [1.807, 2.05) is 12.1 Å². The number of rotatable bonds is 10. The number of nitrogens with zero attached hydrogens (tertiary/aromatic N) is 7. The number of H-pyrrole nitrogens is 1. The van der Waals surface area contributed by atoms with Gasteiger partial charge in [0.05, 0.1) is 12.2 Å². The number of hydrogen-bond acceptors (Lipinski definition) is 5. The van der Waals surface area contributed by atoms with Gasteiger partial charge in [0.2, 0.25) is 0 Å². The minimum Gasteiger partial charge on any atom is -0.306 e. The molecule has 3 heterocycles. The second-order valence-electron chi connectivity index (χ2n) is 10.6. The van der Waals surface area contributed by atoms with Crippen LogP contribution in [0.2, 0.25) is 0 Å². The van der Waals surface area contributed by atoms with Crippen LogP contribution in [0.25, 0.3) is 39.6 Å². The van der Waals surface area contributed by atoms with Crippen LogP contribution in [0.1, 0.15) is 56.7 Å². The Morgan fingerprint density at radius 1 is 0.854 bits per heavy atom. The minimum atomic E-state index is 0.298. The zero-order chi connectivity index (χ0) is 28.2. The third-order valence-corrected chi connectivity index (χ3v) is 7.29. The summed E-state index contributed by atoms with van der Waals surface area (Å²) in [5.41, 5.74) is 7.42. The van der Waals surface area contributed by atoms with Crippen molar-refractivity contribution < 1.29 is 0 Å². The summed E-state index contributed by atoms with van der Waals surface area (Å²) in [5, 5.41) is 20.0. The van der Waals surface area contributed by atoms with Crippen molar-refractivity contribution >= 4 is 0 Å². The predicted molar refractivity (Wildman–Crippen MR) is 162 cm³/mol. The van der Waals surface area contributed by atoms with Gasteiger partial charge in [0, 0.05) is 23.6 Å². The Morgan fingerprint density at radius 3 is 2.20 bits per heavy atom. The van der Waals surface area contributed by atoms with Crippen molar-refractivity contribution in [3.63, 3.8) is 0 Å². The fourth-order valence-electron chi connectivity index (χ4n) is 5.14. The van der Waals surface area contributed by atoms with Gasteiger partial charge in [-0.2, -0.15) is 5.10 Å². The number of aromatic amines is 1. The Bertz CT molecular complexity index is 1700. The molecule has 8 heteroatoms. The van der Waals surface area contributed by atoms with Crippen molar-refractivity contribution in [3.8, 4) is 39.6 Å². The van der Waals surface area contributed by atoms with Gasteiger partial charge < -0.3 is 4.57 Å². The van der Waals surface area contributed by atoms with Crippen molar-refractivity contribution in [2.45, 2.75) is 52.5 Å². The van der Waals surface area contributed by atoms with E-state index < -0.39 is 0 Å². The van der Waals surface area contributed by atoms with Gasteiger partial charge in [-0.25, -0.2) is 14.8 Å². The molecule has 0 fully saturated rings. The second-order valence-corrected chi connectivity index (χ2v) is 10.6. The summed E-state index contributed by atoms with van der Waals surface area (Å²) in [6, 6.07) is 31.7. The molecule has 206 valence electrons. The number of aryl methyl sites for hydroxylation is 1. The van der Waals surface area contributed by atoms with Crippen molar-refractivity contribution in [1.82, 2.24) is 40.0 Å². The first-order valence-corrected chi connectivity index (χ1v) is 14.3. The molecule has 0 bridgehead atoms. The van der Waals surface area contributed by atoms with Gasteiger partial charge in [-0.15, -0.1) is 5.10 Å². The van der Waals surface area contributed by atoms with Crippen LogP contribution in [0.5, 0.6) is 0 Å². The minimum absolute atomic E-state index is 0.298. The average Bonchev–Trinajstić information content (AvgIpc) is 3.76. The standard InChI is InChI=1S/C33H34N8/c1-4-5-16-30-34-32(23(2)3)37-40(30)22-24-17-19-27(20-18-24)41-29(26-14-10-7-11-15-26)21-28(25-12-8-6-9-13-25)31(41)33-35-38-39-36-33/h6-15,17-21,23H,4-5,16,22H2,1-3H3,(H,35,36,38,39). The van der Waals surface area contributed by atoms with Crippen LogP contribution in [0.3, 0.4) is 0 Å². The molecule has 0 amide bonds. The Kier molecular flexibility index (Phi) is 7.54. The Hall–Kier alpha value is -4.85. The van der Waals surface area contributed by atoms with Gasteiger partial charge in [0.15, 0.2) is 11.6 Å². The molecule has 0 atom stereocenters. The fraction of sp³-hybridized carbons (Fsp3) is 0.242. The zero-order valence-electron chi connectivity index (χ0n) is 23.7. The maximum Gasteiger partial charge on any atom is 0.197 e. The van der Waals surface area contributed by atoms with Gasteiger partial charge in [0.1, 0.15) is 11.5 Å². The zero-order valence-corrected chi connectivity index (χ0v) is 23.7. The Balaban J connectivity index is 1.45. The number of unbranched alkanes of at least 4 members (excludes halogenated alkanes) is 1. The lowest BCUT2D eigenvalue weighted by atomic mass is 10.0. The maximum atomic E-state index is 4.85. The van der Waals surface area contributed by atoms with E-state index in [2.05, 4.69) is 130 Å². The van der Waals surface area contributed by atoms with E-state index in [1.54, 1.807) is 0 Å². The molecular formula is C33H34N8. The number of nitrogens with one attached hydrogen (secondary N) is 1. The molecule has 6 rings (SSSR count). The predicted octanol–water partition coefficient (Wildman–Crippen LogP) is 7.10. The summed E-state index contributed by atoms with van der Waals surface area (Å²) < 4.78 is 4.31. The second kappa shape index (κ2) is 11.7. The van der Waals surface area contributed by atoms with E-state index >= 15 is 0 Å². The molecule has 41 heavy (non-hydrogen) atoms. The van der Waals surface area contributed by atoms with Crippen molar-refractivity contribution in [2.24, 2.45) is 0 Å². The topological polar surface area (TPSA) is 90.1 Å². The van der Waals surface area contributed by atoms with Gasteiger partial charge in [-0.3, -0.25) is 0 Å². The van der Waals surface area contributed by atoms with E-state index in [-0.39, 0.29) is 0 Å². The van der Waals surface area contributed by atoms with Gasteiger partial charge in [-0.05, 0) is 51.7 Å². The summed E-state index contributed by atoms with van der Waals surface area (Å²) in [6.07, 6.45) is 3.18. The first-order valence-electron chi connectivity index (χ1n) is 14.3. The SMILES string of the molecule is CCCCc1nc(C(C)C)nn1Cc1ccc(-n2c(-c3ccccc3)cc(-c3ccccc3)c2-c2nnn[nH]2)cc1. The van der Waals surface area contributed by atoms with E-state index in [4.69, 9.17) is 10.1 Å². The lowest BCUT2D eigenvalue weighted by Crippen LogP contribution is -2.08. The summed E-state index contributed by atoms with van der Waals surface area (Å²) in [7, 11) is 0. The highest BCUT2D eigenvalue weighted by atomic mass is 15.5. The first-order chi connectivity index (χ1) is 20.1. The van der Waals surface area contributed by atoms with Crippen molar-refractivity contribution in [1.29, 1.82) is 0 Å². The Labute approximate surface area is 240 Å². The molecule has 0 aliphatic carbocycles. The quantitative estimate of drug-likeness (QED) is 0.199. The Morgan fingerprint density at radius 2 is 1.56 bits per heavy atom. The van der Waals surface area contributed by atoms with Crippen LogP contribution >= 0.6 is 0 Å². The van der Waals surface area contributed by atoms with E-state index in [0.29, 0.717) is 18.3 Å². The molecule has 0 radical (unpaired) electrons. The number of hydrogen-bond donors (Lipinski definition) is 1. The third-order valence-electron chi connectivity index (χ3n) is 7.29. The highest BCUT2D eigenvalue weighted by molar-refractivity contribution is 5.86. The van der Waals surface area contributed by atoms with Crippen molar-refractivity contribution in [3.05, 3.63) is 108 Å². The molecule has 1 N–H and O–H groups in total. The van der Waals surface area contributed by atoms with E-state index in [1.165, 1.54) is 5.56 Å². The lowest BCUT2D eigenvalue weighted by molar-refractivity contribution is 0.610. The molecule has 0 saturated carbocycles. The van der Waals surface area contributed by atoms with Gasteiger partial charge in [-0.1, -0.05) is 100.0 Å². The van der Waals surface area contributed by atoms with Gasteiger partial charge in [0.25, 0.3) is 0 Å². The molecule has 0 spiro atoms. The summed E-state index contributed by atoms with van der Waals surface area (Å²) >= 11 is 0. The van der Waals surface area contributed by atoms with Gasteiger partial charge >= 0.3 is 0 Å². The summed E-state index contributed by atoms with van der Waals surface area (Å²) in [5.74, 6) is 2.88. The average molecular weight is 543 g/mol. The van der Waals surface area contributed by atoms with E-state index in [0.717, 1.165) is 64.7 Å². The normalized spacial score (nSPS) is 11.4. The first kappa shape index (κ1) is 26.4. The monoisotopic (exact) mass is 542 g/mol. The van der Waals surface area contributed by atoms with Crippen LogP contribution in [0.4, 0.5) is 0 Å². The highest BCUT2D eigenvalue weighted by Crippen LogP contribution is 2.39. The smallest absolute Gasteiger partial charge is 0.197 e. The summed E-state index contributed by atoms with van der Waals surface area (Å²) in [4.78, 5) is 4.85. The molecule has 0 saturated heterocycles. The highest BCUT2D eigenvalue weighted by Gasteiger charge is 2.23. The van der Waals surface area contributed by atoms with E-state index in [9.17, 15) is 0 Å². The largest absolute Gasteiger partial charge is 0.306 e. The molecule has 0 aliphatic rings. The van der Waals surface area contributed by atoms with Crippen LogP contribution in [0.15, 0.2) is 91.0 Å². The molecule has 0 unspecified atom stereocenters. The molecule has 3 aromatic carbocycles. The maximum absolute atomic E-state index is 4.85. The summed E-state index contributed by atoms with van der Waals surface area (Å²) in [6.45, 7) is 7.18. The molecule has 6 aromatic rings. The molecule has 8 nitrogen and oxygen atoms in total. The van der Waals surface area contributed by atoms with Crippen LogP contribution in [0, 0.1) is 0 Å².